The molecule has 11 heavy (non-hydrogen) atoms. The minimum absolute atomic E-state index is 0.231. The van der Waals surface area contributed by atoms with Crippen LogP contribution in [-0.2, 0) is 4.79 Å². The SMILES string of the molecule is CCCC(=O)/C=C/CN(C)C. The van der Waals surface area contributed by atoms with Crippen molar-refractivity contribution in [3.05, 3.63) is 12.2 Å². The molecule has 2 heteroatoms. The maximum absolute atomic E-state index is 10.9. The molecule has 0 atom stereocenters. The Kier molecular flexibility index (Phi) is 5.75. The molecule has 2 nitrogen and oxygen atoms in total. The van der Waals surface area contributed by atoms with Crippen LogP contribution in [0.25, 0.3) is 0 Å². The van der Waals surface area contributed by atoms with Crippen LogP contribution in [0.2, 0.25) is 0 Å². The van der Waals surface area contributed by atoms with Crippen LogP contribution in [0.1, 0.15) is 19.8 Å². The number of hydrogen-bond acceptors (Lipinski definition) is 2. The van der Waals surface area contributed by atoms with E-state index in [1.807, 2.05) is 32.0 Å². The average molecular weight is 155 g/mol. The molecule has 0 aromatic carbocycles. The number of carbonyl (C=O) groups is 1. The molecule has 0 aromatic rings. The summed E-state index contributed by atoms with van der Waals surface area (Å²) in [6, 6.07) is 0. The van der Waals surface area contributed by atoms with Crippen LogP contribution in [0, 0.1) is 0 Å². The molecule has 0 bridgehead atoms. The Balaban J connectivity index is 3.48. The topological polar surface area (TPSA) is 20.3 Å². The van der Waals surface area contributed by atoms with E-state index in [2.05, 4.69) is 0 Å². The first-order chi connectivity index (χ1) is 5.16. The Morgan fingerprint density at radius 2 is 2.09 bits per heavy atom. The van der Waals surface area contributed by atoms with E-state index < -0.39 is 0 Å². The second kappa shape index (κ2) is 6.10. The van der Waals surface area contributed by atoms with E-state index in [-0.39, 0.29) is 5.78 Å². The van der Waals surface area contributed by atoms with Gasteiger partial charge < -0.3 is 4.90 Å². The fourth-order valence-corrected chi connectivity index (χ4v) is 0.725. The van der Waals surface area contributed by atoms with Gasteiger partial charge in [0.15, 0.2) is 5.78 Å². The fraction of sp³-hybridized carbons (Fsp3) is 0.667. The summed E-state index contributed by atoms with van der Waals surface area (Å²) < 4.78 is 0. The van der Waals surface area contributed by atoms with Gasteiger partial charge in [-0.25, -0.2) is 0 Å². The molecule has 0 fully saturated rings. The molecule has 0 unspecified atom stereocenters. The third-order valence-corrected chi connectivity index (χ3v) is 1.27. The molecule has 0 saturated carbocycles. The van der Waals surface area contributed by atoms with Crippen molar-refractivity contribution in [3.8, 4) is 0 Å². The standard InChI is InChI=1S/C9H17NO/c1-4-6-9(11)7-5-8-10(2)3/h5,7H,4,6,8H2,1-3H3/b7-5+. The van der Waals surface area contributed by atoms with E-state index in [4.69, 9.17) is 0 Å². The highest BCUT2D eigenvalue weighted by Gasteiger charge is 1.91. The molecule has 0 aliphatic rings. The van der Waals surface area contributed by atoms with Crippen molar-refractivity contribution >= 4 is 5.78 Å². The Morgan fingerprint density at radius 3 is 2.55 bits per heavy atom. The minimum Gasteiger partial charge on any atom is -0.306 e. The van der Waals surface area contributed by atoms with Crippen LogP contribution >= 0.6 is 0 Å². The molecule has 0 radical (unpaired) electrons. The van der Waals surface area contributed by atoms with Gasteiger partial charge in [-0.05, 0) is 26.6 Å². The molecule has 0 spiro atoms. The van der Waals surface area contributed by atoms with Gasteiger partial charge in [-0.2, -0.15) is 0 Å². The zero-order chi connectivity index (χ0) is 8.69. The van der Waals surface area contributed by atoms with E-state index in [1.165, 1.54) is 0 Å². The highest BCUT2D eigenvalue weighted by atomic mass is 16.1. The van der Waals surface area contributed by atoms with Crippen LogP contribution in [0.15, 0.2) is 12.2 Å². The van der Waals surface area contributed by atoms with Gasteiger partial charge in [-0.1, -0.05) is 13.0 Å². The Bertz CT molecular complexity index is 138. The predicted molar refractivity (Wildman–Crippen MR) is 47.6 cm³/mol. The van der Waals surface area contributed by atoms with Crippen LogP contribution in [0.3, 0.4) is 0 Å². The lowest BCUT2D eigenvalue weighted by Gasteiger charge is -2.02. The van der Waals surface area contributed by atoms with Crippen molar-refractivity contribution in [1.29, 1.82) is 0 Å². The molecule has 0 aliphatic carbocycles. The number of likely N-dealkylation sites (N-methyl/N-ethyl adjacent to an activating group) is 1. The van der Waals surface area contributed by atoms with Gasteiger partial charge in [0, 0.05) is 13.0 Å². The van der Waals surface area contributed by atoms with Crippen molar-refractivity contribution < 1.29 is 4.79 Å². The fourth-order valence-electron chi connectivity index (χ4n) is 0.725. The Labute approximate surface area is 68.9 Å². The zero-order valence-electron chi connectivity index (χ0n) is 7.63. The minimum atomic E-state index is 0.231. The van der Waals surface area contributed by atoms with Gasteiger partial charge in [-0.15, -0.1) is 0 Å². The number of nitrogens with zero attached hydrogens (tertiary/aromatic N) is 1. The highest BCUT2D eigenvalue weighted by molar-refractivity contribution is 5.89. The Morgan fingerprint density at radius 1 is 1.45 bits per heavy atom. The molecule has 0 aromatic heterocycles. The van der Waals surface area contributed by atoms with Gasteiger partial charge in [0.2, 0.25) is 0 Å². The van der Waals surface area contributed by atoms with Crippen molar-refractivity contribution in [2.75, 3.05) is 20.6 Å². The summed E-state index contributed by atoms with van der Waals surface area (Å²) in [6.07, 6.45) is 5.18. The largest absolute Gasteiger partial charge is 0.306 e. The Hall–Kier alpha value is -0.630. The summed E-state index contributed by atoms with van der Waals surface area (Å²) in [6.45, 7) is 2.85. The summed E-state index contributed by atoms with van der Waals surface area (Å²) in [5.41, 5.74) is 0. The average Bonchev–Trinajstić information content (AvgIpc) is 1.87. The third-order valence-electron chi connectivity index (χ3n) is 1.27. The molecule has 0 heterocycles. The number of rotatable bonds is 5. The van der Waals surface area contributed by atoms with E-state index in [0.29, 0.717) is 6.42 Å². The number of allylic oxidation sites excluding steroid dienone is 1. The molecule has 0 saturated heterocycles. The summed E-state index contributed by atoms with van der Waals surface area (Å²) in [5.74, 6) is 0.231. The van der Waals surface area contributed by atoms with Crippen molar-refractivity contribution in [1.82, 2.24) is 4.90 Å². The van der Waals surface area contributed by atoms with Gasteiger partial charge in [0.25, 0.3) is 0 Å². The molecule has 0 N–H and O–H groups in total. The van der Waals surface area contributed by atoms with E-state index in [1.54, 1.807) is 6.08 Å². The van der Waals surface area contributed by atoms with Crippen molar-refractivity contribution in [2.45, 2.75) is 19.8 Å². The predicted octanol–water partition coefficient (Wildman–Crippen LogP) is 1.47. The first-order valence-corrected chi connectivity index (χ1v) is 4.01. The van der Waals surface area contributed by atoms with Crippen LogP contribution in [0.4, 0.5) is 0 Å². The summed E-state index contributed by atoms with van der Waals surface area (Å²) >= 11 is 0. The number of carbonyl (C=O) groups excluding carboxylic acids is 1. The van der Waals surface area contributed by atoms with Gasteiger partial charge in [-0.3, -0.25) is 4.79 Å². The smallest absolute Gasteiger partial charge is 0.155 e. The zero-order valence-corrected chi connectivity index (χ0v) is 7.63. The molecule has 64 valence electrons. The second-order valence-electron chi connectivity index (χ2n) is 2.88. The molecular weight excluding hydrogens is 138 g/mol. The second-order valence-corrected chi connectivity index (χ2v) is 2.88. The number of hydrogen-bond donors (Lipinski definition) is 0. The summed E-state index contributed by atoms with van der Waals surface area (Å²) in [4.78, 5) is 12.9. The first kappa shape index (κ1) is 10.4. The third kappa shape index (κ3) is 7.26. The van der Waals surface area contributed by atoms with Crippen LogP contribution in [0.5, 0.6) is 0 Å². The quantitative estimate of drug-likeness (QED) is 0.560. The van der Waals surface area contributed by atoms with E-state index in [0.717, 1.165) is 13.0 Å². The molecule has 0 aliphatic heterocycles. The molecular formula is C9H17NO. The number of ketones is 1. The van der Waals surface area contributed by atoms with Gasteiger partial charge in [0.05, 0.1) is 0 Å². The summed E-state index contributed by atoms with van der Waals surface area (Å²) in [5, 5.41) is 0. The first-order valence-electron chi connectivity index (χ1n) is 4.01. The van der Waals surface area contributed by atoms with Crippen molar-refractivity contribution in [2.24, 2.45) is 0 Å². The lowest BCUT2D eigenvalue weighted by atomic mass is 10.2. The molecule has 0 rings (SSSR count). The lowest BCUT2D eigenvalue weighted by Crippen LogP contribution is -2.10. The van der Waals surface area contributed by atoms with Crippen LogP contribution < -0.4 is 0 Å². The van der Waals surface area contributed by atoms with Gasteiger partial charge >= 0.3 is 0 Å². The van der Waals surface area contributed by atoms with Crippen LogP contribution in [-0.4, -0.2) is 31.3 Å². The highest BCUT2D eigenvalue weighted by Crippen LogP contribution is 1.90. The monoisotopic (exact) mass is 155 g/mol. The van der Waals surface area contributed by atoms with Crippen molar-refractivity contribution in [3.63, 3.8) is 0 Å². The van der Waals surface area contributed by atoms with Gasteiger partial charge in [0.1, 0.15) is 0 Å². The maximum Gasteiger partial charge on any atom is 0.155 e. The molecule has 0 amide bonds. The summed E-state index contributed by atoms with van der Waals surface area (Å²) in [7, 11) is 3.96. The normalized spacial score (nSPS) is 11.3. The van der Waals surface area contributed by atoms with E-state index in [9.17, 15) is 4.79 Å². The maximum atomic E-state index is 10.9. The lowest BCUT2D eigenvalue weighted by molar-refractivity contribution is -0.114. The van der Waals surface area contributed by atoms with E-state index >= 15 is 0 Å².